The maximum absolute atomic E-state index is 12.1. The van der Waals surface area contributed by atoms with Crippen molar-refractivity contribution in [1.82, 2.24) is 15.3 Å². The number of carbonyl (C=O) groups is 1. The Balaban J connectivity index is 1.51. The van der Waals surface area contributed by atoms with E-state index in [1.54, 1.807) is 24.3 Å². The van der Waals surface area contributed by atoms with E-state index in [2.05, 4.69) is 20.2 Å². The van der Waals surface area contributed by atoms with Crippen molar-refractivity contribution in [2.75, 3.05) is 31.1 Å². The highest BCUT2D eigenvalue weighted by atomic mass is 35.5. The van der Waals surface area contributed by atoms with Crippen LogP contribution in [0.1, 0.15) is 35.4 Å². The molecule has 138 valence electrons. The van der Waals surface area contributed by atoms with Crippen molar-refractivity contribution >= 4 is 23.3 Å². The van der Waals surface area contributed by atoms with Gasteiger partial charge in [-0.05, 0) is 44.4 Å². The lowest BCUT2D eigenvalue weighted by Gasteiger charge is -2.28. The summed E-state index contributed by atoms with van der Waals surface area (Å²) in [6.07, 6.45) is 3.65. The molecule has 1 amide bonds. The number of hydrogen-bond donors (Lipinski definition) is 1. The average molecular weight is 375 g/mol. The molecule has 1 aromatic heterocycles. The van der Waals surface area contributed by atoms with E-state index in [4.69, 9.17) is 16.3 Å². The first-order valence-electron chi connectivity index (χ1n) is 8.89. The number of carbonyl (C=O) groups excluding carboxylic acids is 1. The summed E-state index contributed by atoms with van der Waals surface area (Å²) in [5.41, 5.74) is 0.530. The minimum atomic E-state index is -0.177. The SMILES string of the molecule is Cc1nc(OCCNC(=O)c2cccc(Cl)c2)cc(N2CCCCC2)n1. The Morgan fingerprint density at radius 1 is 1.23 bits per heavy atom. The number of benzene rings is 1. The topological polar surface area (TPSA) is 67.3 Å². The summed E-state index contributed by atoms with van der Waals surface area (Å²) in [7, 11) is 0. The van der Waals surface area contributed by atoms with Crippen LogP contribution in [0.3, 0.4) is 0 Å². The van der Waals surface area contributed by atoms with Crippen LogP contribution in [0.25, 0.3) is 0 Å². The maximum Gasteiger partial charge on any atom is 0.251 e. The lowest BCUT2D eigenvalue weighted by Crippen LogP contribution is -2.30. The number of ether oxygens (including phenoxy) is 1. The predicted octanol–water partition coefficient (Wildman–Crippen LogP) is 3.24. The van der Waals surface area contributed by atoms with E-state index >= 15 is 0 Å². The van der Waals surface area contributed by atoms with Gasteiger partial charge in [0.15, 0.2) is 0 Å². The molecule has 0 saturated carbocycles. The van der Waals surface area contributed by atoms with Crippen LogP contribution in [0.4, 0.5) is 5.82 Å². The number of aromatic nitrogens is 2. The Bertz CT molecular complexity index is 763. The van der Waals surface area contributed by atoms with Crippen molar-refractivity contribution in [2.45, 2.75) is 26.2 Å². The second-order valence-corrected chi connectivity index (χ2v) is 6.71. The van der Waals surface area contributed by atoms with Gasteiger partial charge in [0.25, 0.3) is 5.91 Å². The normalized spacial score (nSPS) is 14.2. The fourth-order valence-electron chi connectivity index (χ4n) is 2.94. The molecule has 26 heavy (non-hydrogen) atoms. The molecule has 7 heteroatoms. The van der Waals surface area contributed by atoms with Crippen LogP contribution in [0, 0.1) is 6.92 Å². The van der Waals surface area contributed by atoms with Gasteiger partial charge in [0.05, 0.1) is 6.54 Å². The fourth-order valence-corrected chi connectivity index (χ4v) is 3.13. The third kappa shape index (κ3) is 5.08. The first-order valence-corrected chi connectivity index (χ1v) is 9.27. The van der Waals surface area contributed by atoms with Crippen LogP contribution < -0.4 is 15.0 Å². The summed E-state index contributed by atoms with van der Waals surface area (Å²) in [5.74, 6) is 1.96. The van der Waals surface area contributed by atoms with Gasteiger partial charge in [0, 0.05) is 29.7 Å². The lowest BCUT2D eigenvalue weighted by atomic mass is 10.1. The van der Waals surface area contributed by atoms with Crippen LogP contribution in [0.5, 0.6) is 5.88 Å². The second kappa shape index (κ2) is 8.85. The fraction of sp³-hybridized carbons (Fsp3) is 0.421. The van der Waals surface area contributed by atoms with Crippen molar-refractivity contribution in [1.29, 1.82) is 0 Å². The molecule has 0 atom stereocenters. The Morgan fingerprint density at radius 3 is 2.81 bits per heavy atom. The Hall–Kier alpha value is -2.34. The van der Waals surface area contributed by atoms with Gasteiger partial charge >= 0.3 is 0 Å². The molecule has 0 bridgehead atoms. The van der Waals surface area contributed by atoms with E-state index < -0.39 is 0 Å². The zero-order valence-corrected chi connectivity index (χ0v) is 15.6. The number of hydrogen-bond acceptors (Lipinski definition) is 5. The third-order valence-corrected chi connectivity index (χ3v) is 4.44. The zero-order chi connectivity index (χ0) is 18.4. The molecule has 2 heterocycles. The minimum Gasteiger partial charge on any atom is -0.476 e. The Morgan fingerprint density at radius 2 is 2.04 bits per heavy atom. The monoisotopic (exact) mass is 374 g/mol. The first-order chi connectivity index (χ1) is 12.6. The van der Waals surface area contributed by atoms with Gasteiger partial charge in [0.2, 0.25) is 5.88 Å². The molecule has 1 aromatic carbocycles. The van der Waals surface area contributed by atoms with E-state index in [1.165, 1.54) is 19.3 Å². The van der Waals surface area contributed by atoms with Crippen LogP contribution in [0.15, 0.2) is 30.3 Å². The van der Waals surface area contributed by atoms with Crippen molar-refractivity contribution < 1.29 is 9.53 Å². The molecule has 1 aliphatic rings. The quantitative estimate of drug-likeness (QED) is 0.786. The molecule has 0 spiro atoms. The zero-order valence-electron chi connectivity index (χ0n) is 14.9. The summed E-state index contributed by atoms with van der Waals surface area (Å²) >= 11 is 5.90. The molecule has 6 nitrogen and oxygen atoms in total. The molecule has 2 aromatic rings. The number of amides is 1. The van der Waals surface area contributed by atoms with Crippen molar-refractivity contribution in [3.8, 4) is 5.88 Å². The standard InChI is InChI=1S/C19H23ClN4O2/c1-14-22-17(24-9-3-2-4-10-24)13-18(23-14)26-11-8-21-19(25)15-6-5-7-16(20)12-15/h5-7,12-13H,2-4,8-11H2,1H3,(H,21,25). The molecule has 1 N–H and O–H groups in total. The van der Waals surface area contributed by atoms with E-state index in [1.807, 2.05) is 13.0 Å². The van der Waals surface area contributed by atoms with Gasteiger partial charge in [-0.2, -0.15) is 4.98 Å². The molecule has 1 fully saturated rings. The number of nitrogens with zero attached hydrogens (tertiary/aromatic N) is 3. The summed E-state index contributed by atoms with van der Waals surface area (Å²) in [6.45, 7) is 4.62. The first kappa shape index (κ1) is 18.5. The number of halogens is 1. The van der Waals surface area contributed by atoms with Gasteiger partial charge in [-0.25, -0.2) is 4.98 Å². The molecular formula is C19H23ClN4O2. The summed E-state index contributed by atoms with van der Waals surface area (Å²) in [4.78, 5) is 23.2. The highest BCUT2D eigenvalue weighted by Gasteiger charge is 2.14. The summed E-state index contributed by atoms with van der Waals surface area (Å²) in [6, 6.07) is 8.71. The smallest absolute Gasteiger partial charge is 0.251 e. The number of rotatable bonds is 6. The number of aryl methyl sites for hydroxylation is 1. The summed E-state index contributed by atoms with van der Waals surface area (Å²) in [5, 5.41) is 3.35. The molecule has 1 saturated heterocycles. The van der Waals surface area contributed by atoms with E-state index in [9.17, 15) is 4.79 Å². The molecular weight excluding hydrogens is 352 g/mol. The number of anilines is 1. The van der Waals surface area contributed by atoms with Gasteiger partial charge in [-0.1, -0.05) is 17.7 Å². The van der Waals surface area contributed by atoms with Crippen LogP contribution in [-0.2, 0) is 0 Å². The highest BCUT2D eigenvalue weighted by molar-refractivity contribution is 6.30. The van der Waals surface area contributed by atoms with Crippen LogP contribution in [-0.4, -0.2) is 42.1 Å². The highest BCUT2D eigenvalue weighted by Crippen LogP contribution is 2.21. The largest absolute Gasteiger partial charge is 0.476 e. The molecule has 3 rings (SSSR count). The van der Waals surface area contributed by atoms with Crippen molar-refractivity contribution in [2.24, 2.45) is 0 Å². The van der Waals surface area contributed by atoms with Gasteiger partial charge in [-0.15, -0.1) is 0 Å². The van der Waals surface area contributed by atoms with Crippen LogP contribution in [0.2, 0.25) is 5.02 Å². The van der Waals surface area contributed by atoms with Crippen molar-refractivity contribution in [3.05, 3.63) is 46.7 Å². The molecule has 0 radical (unpaired) electrons. The maximum atomic E-state index is 12.1. The van der Waals surface area contributed by atoms with E-state index in [-0.39, 0.29) is 5.91 Å². The molecule has 0 aliphatic carbocycles. The van der Waals surface area contributed by atoms with E-state index in [0.29, 0.717) is 35.4 Å². The van der Waals surface area contributed by atoms with Crippen molar-refractivity contribution in [3.63, 3.8) is 0 Å². The Kier molecular flexibility index (Phi) is 6.28. The predicted molar refractivity (Wildman–Crippen MR) is 102 cm³/mol. The number of nitrogens with one attached hydrogen (secondary N) is 1. The lowest BCUT2D eigenvalue weighted by molar-refractivity contribution is 0.0946. The molecule has 0 unspecified atom stereocenters. The van der Waals surface area contributed by atoms with Gasteiger partial charge < -0.3 is 15.0 Å². The van der Waals surface area contributed by atoms with E-state index in [0.717, 1.165) is 18.9 Å². The average Bonchev–Trinajstić information content (AvgIpc) is 2.65. The van der Waals surface area contributed by atoms with Gasteiger partial charge in [0.1, 0.15) is 18.2 Å². The second-order valence-electron chi connectivity index (χ2n) is 6.27. The van der Waals surface area contributed by atoms with Crippen LogP contribution >= 0.6 is 11.6 Å². The molecule has 1 aliphatic heterocycles. The number of piperidine rings is 1. The Labute approximate surface area is 158 Å². The van der Waals surface area contributed by atoms with Gasteiger partial charge in [-0.3, -0.25) is 4.79 Å². The minimum absolute atomic E-state index is 0.177. The third-order valence-electron chi connectivity index (χ3n) is 4.21. The summed E-state index contributed by atoms with van der Waals surface area (Å²) < 4.78 is 5.71.